The molecule has 0 aliphatic heterocycles. The Labute approximate surface area is 118 Å². The van der Waals surface area contributed by atoms with Gasteiger partial charge in [0.2, 0.25) is 0 Å². The Hall–Kier alpha value is -1.36. The number of hydrazine groups is 1. The second-order valence-corrected chi connectivity index (χ2v) is 5.62. The van der Waals surface area contributed by atoms with E-state index in [-0.39, 0.29) is 6.04 Å². The zero-order chi connectivity index (χ0) is 13.5. The molecule has 0 saturated carbocycles. The number of rotatable bonds is 6. The fourth-order valence-electron chi connectivity index (χ4n) is 1.99. The summed E-state index contributed by atoms with van der Waals surface area (Å²) in [5, 5.41) is 0. The molecule has 2 aromatic rings. The first-order chi connectivity index (χ1) is 9.33. The van der Waals surface area contributed by atoms with Crippen LogP contribution in [0.15, 0.2) is 53.7 Å². The van der Waals surface area contributed by atoms with Gasteiger partial charge in [-0.1, -0.05) is 25.1 Å². The lowest BCUT2D eigenvalue weighted by atomic mass is 10.0. The van der Waals surface area contributed by atoms with E-state index in [0.717, 1.165) is 12.2 Å². The van der Waals surface area contributed by atoms with E-state index >= 15 is 0 Å². The second-order valence-electron chi connectivity index (χ2n) is 4.29. The van der Waals surface area contributed by atoms with E-state index in [4.69, 9.17) is 5.84 Å². The van der Waals surface area contributed by atoms with Crippen LogP contribution >= 0.6 is 11.8 Å². The molecule has 0 bridgehead atoms. The van der Waals surface area contributed by atoms with Crippen LogP contribution in [0, 0.1) is 0 Å². The van der Waals surface area contributed by atoms with Crippen LogP contribution in [-0.2, 0) is 6.42 Å². The van der Waals surface area contributed by atoms with Crippen LogP contribution in [0.3, 0.4) is 0 Å². The van der Waals surface area contributed by atoms with Gasteiger partial charge in [-0.15, -0.1) is 11.8 Å². The van der Waals surface area contributed by atoms with Gasteiger partial charge in [-0.2, -0.15) is 0 Å². The molecule has 1 aromatic heterocycles. The van der Waals surface area contributed by atoms with Crippen molar-refractivity contribution >= 4 is 11.8 Å². The minimum absolute atomic E-state index is 0.116. The molecule has 1 aromatic carbocycles. The third kappa shape index (κ3) is 4.06. The number of thioether (sulfide) groups is 1. The van der Waals surface area contributed by atoms with E-state index in [2.05, 4.69) is 47.7 Å². The molecule has 0 spiro atoms. The topological polar surface area (TPSA) is 50.9 Å². The highest BCUT2D eigenvalue weighted by Gasteiger charge is 2.10. The molecule has 100 valence electrons. The highest BCUT2D eigenvalue weighted by molar-refractivity contribution is 7.99. The summed E-state index contributed by atoms with van der Waals surface area (Å²) in [7, 11) is 0. The summed E-state index contributed by atoms with van der Waals surface area (Å²) in [5.74, 6) is 6.76. The molecule has 1 atom stereocenters. The number of hydrogen-bond donors (Lipinski definition) is 2. The fourth-order valence-corrected chi connectivity index (χ4v) is 2.65. The number of pyridine rings is 1. The summed E-state index contributed by atoms with van der Waals surface area (Å²) in [6, 6.07) is 12.7. The van der Waals surface area contributed by atoms with Crippen molar-refractivity contribution in [2.45, 2.75) is 24.3 Å². The Morgan fingerprint density at radius 1 is 1.26 bits per heavy atom. The number of nitrogens with two attached hydrogens (primary N) is 1. The number of benzene rings is 1. The Bertz CT molecular complexity index is 485. The predicted molar refractivity (Wildman–Crippen MR) is 80.8 cm³/mol. The van der Waals surface area contributed by atoms with E-state index in [1.54, 1.807) is 6.20 Å². The maximum Gasteiger partial charge on any atom is 0.0500 e. The van der Waals surface area contributed by atoms with E-state index in [9.17, 15) is 0 Å². The summed E-state index contributed by atoms with van der Waals surface area (Å²) in [4.78, 5) is 5.43. The van der Waals surface area contributed by atoms with Crippen molar-refractivity contribution in [2.24, 2.45) is 5.84 Å². The van der Waals surface area contributed by atoms with Crippen molar-refractivity contribution in [1.29, 1.82) is 0 Å². The van der Waals surface area contributed by atoms with E-state index in [0.29, 0.717) is 0 Å². The normalized spacial score (nSPS) is 12.3. The minimum atomic E-state index is 0.116. The lowest BCUT2D eigenvalue weighted by Gasteiger charge is -2.16. The molecule has 1 unspecified atom stereocenters. The fraction of sp³-hybridized carbons (Fsp3) is 0.267. The molecular weight excluding hydrogens is 254 g/mol. The smallest absolute Gasteiger partial charge is 0.0500 e. The zero-order valence-corrected chi connectivity index (χ0v) is 11.9. The standard InChI is InChI=1S/C15H19N3S/c1-2-19-14-7-5-13(6-8-14)15(18-16)10-12-4-3-9-17-11-12/h3-9,11,15,18H,2,10,16H2,1H3. The Morgan fingerprint density at radius 3 is 2.63 bits per heavy atom. The first-order valence-electron chi connectivity index (χ1n) is 6.41. The quantitative estimate of drug-likeness (QED) is 0.483. The maximum atomic E-state index is 5.67. The second kappa shape index (κ2) is 7.28. The van der Waals surface area contributed by atoms with Crippen LogP contribution in [0.5, 0.6) is 0 Å². The van der Waals surface area contributed by atoms with Gasteiger partial charge in [0.25, 0.3) is 0 Å². The average molecular weight is 273 g/mol. The molecule has 0 aliphatic carbocycles. The van der Waals surface area contributed by atoms with Gasteiger partial charge in [0.05, 0.1) is 6.04 Å². The molecule has 0 amide bonds. The Kier molecular flexibility index (Phi) is 5.39. The van der Waals surface area contributed by atoms with E-state index in [1.165, 1.54) is 16.0 Å². The van der Waals surface area contributed by atoms with Crippen molar-refractivity contribution in [3.63, 3.8) is 0 Å². The van der Waals surface area contributed by atoms with Gasteiger partial charge in [0.15, 0.2) is 0 Å². The van der Waals surface area contributed by atoms with Gasteiger partial charge in [0.1, 0.15) is 0 Å². The van der Waals surface area contributed by atoms with Crippen molar-refractivity contribution in [1.82, 2.24) is 10.4 Å². The van der Waals surface area contributed by atoms with Gasteiger partial charge in [-0.3, -0.25) is 16.3 Å². The molecule has 3 nitrogen and oxygen atoms in total. The molecule has 3 N–H and O–H groups in total. The maximum absolute atomic E-state index is 5.67. The molecule has 19 heavy (non-hydrogen) atoms. The number of hydrogen-bond acceptors (Lipinski definition) is 4. The minimum Gasteiger partial charge on any atom is -0.271 e. The highest BCUT2D eigenvalue weighted by atomic mass is 32.2. The molecule has 0 saturated heterocycles. The molecule has 4 heteroatoms. The zero-order valence-electron chi connectivity index (χ0n) is 11.0. The molecular formula is C15H19N3S. The first kappa shape index (κ1) is 14.1. The van der Waals surface area contributed by atoms with E-state index in [1.807, 2.05) is 24.0 Å². The number of aromatic nitrogens is 1. The van der Waals surface area contributed by atoms with Crippen LogP contribution in [0.25, 0.3) is 0 Å². The van der Waals surface area contributed by atoms with Crippen LogP contribution < -0.4 is 11.3 Å². The molecule has 0 fully saturated rings. The molecule has 2 rings (SSSR count). The molecule has 0 radical (unpaired) electrons. The third-order valence-corrected chi connectivity index (χ3v) is 3.85. The van der Waals surface area contributed by atoms with Crippen LogP contribution in [0.2, 0.25) is 0 Å². The van der Waals surface area contributed by atoms with Crippen molar-refractivity contribution < 1.29 is 0 Å². The van der Waals surface area contributed by atoms with Crippen molar-refractivity contribution in [3.8, 4) is 0 Å². The van der Waals surface area contributed by atoms with Crippen molar-refractivity contribution in [3.05, 3.63) is 59.9 Å². The monoisotopic (exact) mass is 273 g/mol. The van der Waals surface area contributed by atoms with E-state index < -0.39 is 0 Å². The largest absolute Gasteiger partial charge is 0.271 e. The summed E-state index contributed by atoms with van der Waals surface area (Å²) in [5.41, 5.74) is 5.26. The highest BCUT2D eigenvalue weighted by Crippen LogP contribution is 2.22. The van der Waals surface area contributed by atoms with Gasteiger partial charge in [0, 0.05) is 17.3 Å². The Balaban J connectivity index is 2.08. The lowest BCUT2D eigenvalue weighted by molar-refractivity contribution is 0.551. The number of nitrogens with one attached hydrogen (secondary N) is 1. The van der Waals surface area contributed by atoms with Gasteiger partial charge in [-0.25, -0.2) is 0 Å². The number of nitrogens with zero attached hydrogens (tertiary/aromatic N) is 1. The molecule has 0 aliphatic rings. The summed E-state index contributed by atoms with van der Waals surface area (Å²) >= 11 is 1.85. The van der Waals surface area contributed by atoms with Crippen LogP contribution in [0.4, 0.5) is 0 Å². The van der Waals surface area contributed by atoms with Gasteiger partial charge in [-0.05, 0) is 41.5 Å². The SMILES string of the molecule is CCSc1ccc(C(Cc2cccnc2)NN)cc1. The van der Waals surface area contributed by atoms with Gasteiger partial charge >= 0.3 is 0 Å². The van der Waals surface area contributed by atoms with Crippen LogP contribution in [-0.4, -0.2) is 10.7 Å². The predicted octanol–water partition coefficient (Wildman–Crippen LogP) is 2.94. The first-order valence-corrected chi connectivity index (χ1v) is 7.40. The average Bonchev–Trinajstić information content (AvgIpc) is 2.47. The van der Waals surface area contributed by atoms with Gasteiger partial charge < -0.3 is 0 Å². The summed E-state index contributed by atoms with van der Waals surface area (Å²) in [6.45, 7) is 2.16. The summed E-state index contributed by atoms with van der Waals surface area (Å²) in [6.07, 6.45) is 4.50. The van der Waals surface area contributed by atoms with Crippen molar-refractivity contribution in [2.75, 3.05) is 5.75 Å². The van der Waals surface area contributed by atoms with Crippen LogP contribution in [0.1, 0.15) is 24.1 Å². The Morgan fingerprint density at radius 2 is 2.05 bits per heavy atom. The molecule has 1 heterocycles. The summed E-state index contributed by atoms with van der Waals surface area (Å²) < 4.78 is 0. The lowest BCUT2D eigenvalue weighted by Crippen LogP contribution is -2.29. The third-order valence-electron chi connectivity index (χ3n) is 2.96.